The minimum atomic E-state index is -0.0711. The van der Waals surface area contributed by atoms with Crippen LogP contribution in [0.1, 0.15) is 50.8 Å². The highest BCUT2D eigenvalue weighted by Crippen LogP contribution is 2.39. The first-order chi connectivity index (χ1) is 14.0. The molecule has 0 aliphatic heterocycles. The van der Waals surface area contributed by atoms with Crippen molar-refractivity contribution in [2.75, 3.05) is 0 Å². The van der Waals surface area contributed by atoms with Crippen molar-refractivity contribution >= 4 is 9.24 Å². The summed E-state index contributed by atoms with van der Waals surface area (Å²) in [5.74, 6) is 0.358. The molecule has 0 spiro atoms. The van der Waals surface area contributed by atoms with Gasteiger partial charge in [0.25, 0.3) is 0 Å². The predicted molar refractivity (Wildman–Crippen MR) is 134 cm³/mol. The second-order valence-electron chi connectivity index (χ2n) is 9.57. The summed E-state index contributed by atoms with van der Waals surface area (Å²) in [5, 5.41) is 25.5. The Labute approximate surface area is 184 Å². The van der Waals surface area contributed by atoms with Crippen LogP contribution in [0.25, 0.3) is 11.1 Å². The molecule has 30 heavy (non-hydrogen) atoms. The van der Waals surface area contributed by atoms with Crippen LogP contribution >= 0.6 is 9.24 Å². The summed E-state index contributed by atoms with van der Waals surface area (Å²) in [4.78, 5) is 0. The van der Waals surface area contributed by atoms with Gasteiger partial charge in [-0.1, -0.05) is 24.3 Å². The van der Waals surface area contributed by atoms with Crippen LogP contribution in [-0.4, -0.2) is 20.9 Å². The van der Waals surface area contributed by atoms with Crippen LogP contribution < -0.4 is 5.32 Å². The van der Waals surface area contributed by atoms with Crippen molar-refractivity contribution in [2.24, 2.45) is 0 Å². The van der Waals surface area contributed by atoms with Crippen molar-refractivity contribution in [3.05, 3.63) is 72.3 Å². The average molecular weight is 427 g/mol. The van der Waals surface area contributed by atoms with Gasteiger partial charge in [-0.15, -0.1) is 13.2 Å². The third-order valence-electron chi connectivity index (χ3n) is 5.04. The minimum Gasteiger partial charge on any atom is -0.507 e. The smallest absolute Gasteiger partial charge is 0.128 e. The molecule has 0 bridgehead atoms. The van der Waals surface area contributed by atoms with Gasteiger partial charge in [-0.3, -0.25) is 0 Å². The summed E-state index contributed by atoms with van der Waals surface area (Å²) in [6.07, 6.45) is 6.10. The third kappa shape index (κ3) is 6.72. The number of rotatable bonds is 10. The number of hydrogen-bond acceptors (Lipinski definition) is 3. The molecule has 0 saturated carbocycles. The summed E-state index contributed by atoms with van der Waals surface area (Å²) in [6.45, 7) is 17.1. The van der Waals surface area contributed by atoms with E-state index in [1.165, 1.54) is 0 Å². The van der Waals surface area contributed by atoms with Gasteiger partial charge in [0.1, 0.15) is 11.5 Å². The van der Waals surface area contributed by atoms with E-state index in [0.717, 1.165) is 23.1 Å². The topological polar surface area (TPSA) is 52.5 Å². The van der Waals surface area contributed by atoms with E-state index in [4.69, 9.17) is 0 Å². The monoisotopic (exact) mass is 426 g/mol. The fourth-order valence-electron chi connectivity index (χ4n) is 4.07. The molecule has 3 N–H and O–H groups in total. The predicted octanol–water partition coefficient (Wildman–Crippen LogP) is 5.87. The molecule has 0 aliphatic rings. The van der Waals surface area contributed by atoms with Gasteiger partial charge in [-0.25, -0.2) is 0 Å². The van der Waals surface area contributed by atoms with E-state index in [9.17, 15) is 10.2 Å². The van der Waals surface area contributed by atoms with E-state index >= 15 is 0 Å². The highest BCUT2D eigenvalue weighted by Gasteiger charge is 2.28. The van der Waals surface area contributed by atoms with Crippen LogP contribution in [0.15, 0.2) is 55.6 Å². The molecule has 0 heterocycles. The Morgan fingerprint density at radius 3 is 2.13 bits per heavy atom. The Kier molecular flexibility index (Phi) is 7.91. The molecular weight excluding hydrogens is 389 g/mol. The van der Waals surface area contributed by atoms with Crippen molar-refractivity contribution in [3.63, 3.8) is 0 Å². The Morgan fingerprint density at radius 2 is 1.53 bits per heavy atom. The standard InChI is InChI=1S/C26H36NO2P/c1-7-9-18-11-12-23(28)21(14-18)22-15-19(10-8-2)13-20(24(22)29)16-27-25(3,4)17-26(5,6)30/h7-8,11-15,27-29H,1-2,9-10,16-17,30H2,3-6H3/p+1. The van der Waals surface area contributed by atoms with Crippen LogP contribution in [0.2, 0.25) is 0 Å². The summed E-state index contributed by atoms with van der Waals surface area (Å²) in [6, 6.07) is 9.44. The van der Waals surface area contributed by atoms with E-state index in [1.807, 2.05) is 45.7 Å². The first-order valence-corrected chi connectivity index (χ1v) is 11.2. The molecule has 2 aromatic rings. The van der Waals surface area contributed by atoms with E-state index in [1.54, 1.807) is 6.07 Å². The largest absolute Gasteiger partial charge is 0.507 e. The average Bonchev–Trinajstić information content (AvgIpc) is 2.62. The first-order valence-electron chi connectivity index (χ1n) is 10.4. The lowest BCUT2D eigenvalue weighted by atomic mass is 9.91. The molecule has 0 aromatic heterocycles. The van der Waals surface area contributed by atoms with E-state index in [-0.39, 0.29) is 22.2 Å². The summed E-state index contributed by atoms with van der Waals surface area (Å²) < 4.78 is 0. The van der Waals surface area contributed by atoms with Crippen molar-refractivity contribution in [1.29, 1.82) is 0 Å². The van der Waals surface area contributed by atoms with Gasteiger partial charge in [0.2, 0.25) is 0 Å². The molecule has 2 rings (SSSR count). The Bertz CT molecular complexity index is 910. The van der Waals surface area contributed by atoms with Gasteiger partial charge in [0.05, 0.1) is 5.16 Å². The molecular formula is C26H37NO2P+. The molecule has 4 heteroatoms. The maximum atomic E-state index is 11.1. The normalized spacial score (nSPS) is 12.1. The molecule has 0 fully saturated rings. The molecule has 0 amide bonds. The van der Waals surface area contributed by atoms with Gasteiger partial charge < -0.3 is 15.5 Å². The van der Waals surface area contributed by atoms with Crippen LogP contribution in [0.3, 0.4) is 0 Å². The van der Waals surface area contributed by atoms with Crippen LogP contribution in [-0.2, 0) is 19.4 Å². The summed E-state index contributed by atoms with van der Waals surface area (Å²) in [5.41, 5.74) is 4.12. The number of hydrogen-bond donors (Lipinski definition) is 3. The molecule has 0 radical (unpaired) electrons. The fraction of sp³-hybridized carbons (Fsp3) is 0.385. The lowest BCUT2D eigenvalue weighted by molar-refractivity contribution is 0.328. The molecule has 3 nitrogen and oxygen atoms in total. The van der Waals surface area contributed by atoms with Crippen LogP contribution in [0, 0.1) is 0 Å². The molecule has 1 atom stereocenters. The Morgan fingerprint density at radius 1 is 0.933 bits per heavy atom. The number of allylic oxidation sites excluding steroid dienone is 2. The van der Waals surface area contributed by atoms with Gasteiger partial charge >= 0.3 is 0 Å². The molecule has 2 aromatic carbocycles. The fourth-order valence-corrected chi connectivity index (χ4v) is 4.70. The zero-order chi connectivity index (χ0) is 22.5. The van der Waals surface area contributed by atoms with Gasteiger partial charge in [0.15, 0.2) is 0 Å². The highest BCUT2D eigenvalue weighted by molar-refractivity contribution is 7.18. The van der Waals surface area contributed by atoms with Crippen LogP contribution in [0.5, 0.6) is 11.5 Å². The maximum Gasteiger partial charge on any atom is 0.128 e. The number of benzene rings is 2. The molecule has 1 unspecified atom stereocenters. The Balaban J connectivity index is 2.46. The number of phenolic OH excluding ortho intramolecular Hbond substituents is 2. The lowest BCUT2D eigenvalue weighted by Gasteiger charge is -2.31. The molecule has 162 valence electrons. The van der Waals surface area contributed by atoms with E-state index in [2.05, 4.69) is 46.2 Å². The zero-order valence-electron chi connectivity index (χ0n) is 18.9. The summed E-state index contributed by atoms with van der Waals surface area (Å²) in [7, 11) is 2.01. The lowest BCUT2D eigenvalue weighted by Crippen LogP contribution is -2.42. The minimum absolute atomic E-state index is 0.0711. The number of phenols is 2. The maximum absolute atomic E-state index is 11.1. The van der Waals surface area contributed by atoms with Crippen molar-refractivity contribution < 1.29 is 10.2 Å². The van der Waals surface area contributed by atoms with Crippen molar-refractivity contribution in [1.82, 2.24) is 5.32 Å². The summed E-state index contributed by atoms with van der Waals surface area (Å²) >= 11 is 0. The Hall–Kier alpha value is -2.09. The van der Waals surface area contributed by atoms with Crippen molar-refractivity contribution in [2.45, 2.75) is 64.2 Å². The number of nitrogens with one attached hydrogen (secondary N) is 1. The first kappa shape index (κ1) is 24.2. The van der Waals surface area contributed by atoms with E-state index < -0.39 is 0 Å². The van der Waals surface area contributed by atoms with Crippen LogP contribution in [0.4, 0.5) is 0 Å². The van der Waals surface area contributed by atoms with Gasteiger partial charge in [-0.05, 0) is 79.1 Å². The van der Waals surface area contributed by atoms with Gasteiger partial charge in [0, 0.05) is 35.2 Å². The van der Waals surface area contributed by atoms with Crippen molar-refractivity contribution in [3.8, 4) is 22.6 Å². The molecule has 0 aliphatic carbocycles. The highest BCUT2D eigenvalue weighted by atomic mass is 31.0. The zero-order valence-corrected chi connectivity index (χ0v) is 20.3. The molecule has 0 saturated heterocycles. The second kappa shape index (κ2) is 9.81. The number of aromatic hydroxyl groups is 2. The van der Waals surface area contributed by atoms with E-state index in [0.29, 0.717) is 30.5 Å². The third-order valence-corrected chi connectivity index (χ3v) is 5.29. The SMILES string of the molecule is C=CCc1ccc(O)c(-c2cc(CC=C)cc(CNC(C)(C)CC(C)(C)[PH3+])c2O)c1. The quantitative estimate of drug-likeness (QED) is 0.329. The second-order valence-corrected chi connectivity index (χ2v) is 11.5. The van der Waals surface area contributed by atoms with Gasteiger partial charge in [-0.2, -0.15) is 0 Å².